The largest absolute Gasteiger partial charge is 0.345 e. The average molecular weight is 485 g/mol. The van der Waals surface area contributed by atoms with Crippen LogP contribution in [0.3, 0.4) is 0 Å². The number of carbonyl (C=O) groups is 2. The summed E-state index contributed by atoms with van der Waals surface area (Å²) in [5, 5.41) is 17.6. The van der Waals surface area contributed by atoms with Crippen molar-refractivity contribution in [3.05, 3.63) is 50.7 Å². The van der Waals surface area contributed by atoms with Crippen LogP contribution in [0.1, 0.15) is 28.8 Å². The van der Waals surface area contributed by atoms with Crippen molar-refractivity contribution in [2.24, 2.45) is 0 Å². The molecule has 2 N–H and O–H groups in total. The van der Waals surface area contributed by atoms with Crippen LogP contribution in [0.5, 0.6) is 0 Å². The van der Waals surface area contributed by atoms with Gasteiger partial charge in [-0.05, 0) is 32.0 Å². The van der Waals surface area contributed by atoms with Gasteiger partial charge in [-0.3, -0.25) is 9.59 Å². The molecule has 0 atom stereocenters. The SMILES string of the molecule is CCn1c(CNC(=O)c2ccc(Cl)cc2Cl)nnc1SCC(=O)Nc1nc(C)cs1. The number of anilines is 1. The van der Waals surface area contributed by atoms with E-state index in [-0.39, 0.29) is 29.1 Å². The normalized spacial score (nSPS) is 10.8. The highest BCUT2D eigenvalue weighted by Crippen LogP contribution is 2.22. The van der Waals surface area contributed by atoms with Crippen molar-refractivity contribution >= 4 is 63.2 Å². The summed E-state index contributed by atoms with van der Waals surface area (Å²) in [6.07, 6.45) is 0. The molecule has 2 aromatic heterocycles. The highest BCUT2D eigenvalue weighted by molar-refractivity contribution is 7.99. The third-order valence-electron chi connectivity index (χ3n) is 3.89. The summed E-state index contributed by atoms with van der Waals surface area (Å²) >= 11 is 14.6. The number of aryl methyl sites for hydroxylation is 1. The number of benzene rings is 1. The Bertz CT molecular complexity index is 1070. The highest BCUT2D eigenvalue weighted by Gasteiger charge is 2.16. The smallest absolute Gasteiger partial charge is 0.253 e. The number of carbonyl (C=O) groups excluding carboxylic acids is 2. The van der Waals surface area contributed by atoms with E-state index in [4.69, 9.17) is 23.2 Å². The third-order valence-corrected chi connectivity index (χ3v) is 6.28. The van der Waals surface area contributed by atoms with E-state index in [1.54, 1.807) is 12.1 Å². The molecule has 0 spiro atoms. The van der Waals surface area contributed by atoms with E-state index < -0.39 is 0 Å². The first-order valence-electron chi connectivity index (χ1n) is 8.87. The monoisotopic (exact) mass is 484 g/mol. The van der Waals surface area contributed by atoms with Gasteiger partial charge in [0, 0.05) is 16.9 Å². The predicted octanol–water partition coefficient (Wildman–Crippen LogP) is 4.03. The van der Waals surface area contributed by atoms with Crippen LogP contribution in [0, 0.1) is 6.92 Å². The van der Waals surface area contributed by atoms with Crippen molar-refractivity contribution in [2.45, 2.75) is 32.1 Å². The Kier molecular flexibility index (Phi) is 7.70. The van der Waals surface area contributed by atoms with Gasteiger partial charge in [0.05, 0.1) is 28.6 Å². The van der Waals surface area contributed by atoms with Gasteiger partial charge in [0.25, 0.3) is 5.91 Å². The number of thioether (sulfide) groups is 1. The van der Waals surface area contributed by atoms with Crippen LogP contribution in [-0.2, 0) is 17.9 Å². The fourth-order valence-corrected chi connectivity index (χ4v) is 4.52. The second-order valence-corrected chi connectivity index (χ2v) is 8.73. The summed E-state index contributed by atoms with van der Waals surface area (Å²) < 4.78 is 1.84. The molecule has 0 radical (unpaired) electrons. The van der Waals surface area contributed by atoms with E-state index in [2.05, 4.69) is 25.8 Å². The Labute approximate surface area is 191 Å². The van der Waals surface area contributed by atoms with Gasteiger partial charge in [0.2, 0.25) is 5.91 Å². The number of halogens is 2. The summed E-state index contributed by atoms with van der Waals surface area (Å²) in [6.45, 7) is 4.57. The van der Waals surface area contributed by atoms with Crippen LogP contribution >= 0.6 is 46.3 Å². The molecule has 2 heterocycles. The van der Waals surface area contributed by atoms with Gasteiger partial charge in [-0.15, -0.1) is 21.5 Å². The number of amides is 2. The van der Waals surface area contributed by atoms with Gasteiger partial charge in [-0.1, -0.05) is 35.0 Å². The standard InChI is InChI=1S/C18H18Cl2N6O2S2/c1-3-26-14(7-21-16(28)12-5-4-11(19)6-13(12)20)24-25-18(26)30-9-15(27)23-17-22-10(2)8-29-17/h4-6,8H,3,7,9H2,1-2H3,(H,21,28)(H,22,23,27). The second-order valence-electron chi connectivity index (χ2n) is 6.08. The first kappa shape index (κ1) is 22.5. The quantitative estimate of drug-likeness (QED) is 0.467. The van der Waals surface area contributed by atoms with Gasteiger partial charge < -0.3 is 15.2 Å². The Morgan fingerprint density at radius 3 is 2.73 bits per heavy atom. The Hall–Kier alpha value is -2.14. The topological polar surface area (TPSA) is 102 Å². The molecule has 1 aromatic carbocycles. The van der Waals surface area contributed by atoms with E-state index in [0.29, 0.717) is 33.2 Å². The van der Waals surface area contributed by atoms with Crippen molar-refractivity contribution < 1.29 is 9.59 Å². The molecule has 158 valence electrons. The van der Waals surface area contributed by atoms with Crippen LogP contribution in [0.4, 0.5) is 5.13 Å². The lowest BCUT2D eigenvalue weighted by atomic mass is 10.2. The Balaban J connectivity index is 1.58. The summed E-state index contributed by atoms with van der Waals surface area (Å²) in [7, 11) is 0. The van der Waals surface area contributed by atoms with Crippen molar-refractivity contribution in [3.8, 4) is 0 Å². The molecule has 12 heteroatoms. The molecular formula is C18H18Cl2N6O2S2. The van der Waals surface area contributed by atoms with Gasteiger partial charge in [0.1, 0.15) is 0 Å². The number of nitrogens with zero attached hydrogens (tertiary/aromatic N) is 4. The molecule has 8 nitrogen and oxygen atoms in total. The fourth-order valence-electron chi connectivity index (χ4n) is 2.50. The van der Waals surface area contributed by atoms with Crippen LogP contribution in [0.25, 0.3) is 0 Å². The Morgan fingerprint density at radius 2 is 2.07 bits per heavy atom. The van der Waals surface area contributed by atoms with Crippen molar-refractivity contribution in [1.29, 1.82) is 0 Å². The molecule has 30 heavy (non-hydrogen) atoms. The molecule has 0 saturated carbocycles. The van der Waals surface area contributed by atoms with Crippen LogP contribution in [-0.4, -0.2) is 37.3 Å². The summed E-state index contributed by atoms with van der Waals surface area (Å²) in [6, 6.07) is 4.68. The van der Waals surface area contributed by atoms with Gasteiger partial charge in [-0.25, -0.2) is 4.98 Å². The van der Waals surface area contributed by atoms with Crippen molar-refractivity contribution in [1.82, 2.24) is 25.1 Å². The molecule has 0 fully saturated rings. The predicted molar refractivity (Wildman–Crippen MR) is 120 cm³/mol. The van der Waals surface area contributed by atoms with Crippen molar-refractivity contribution in [3.63, 3.8) is 0 Å². The van der Waals surface area contributed by atoms with E-state index in [0.717, 1.165) is 5.69 Å². The van der Waals surface area contributed by atoms with Gasteiger partial charge in [0.15, 0.2) is 16.1 Å². The number of aromatic nitrogens is 4. The van der Waals surface area contributed by atoms with E-state index in [1.165, 1.54) is 29.2 Å². The second kappa shape index (κ2) is 10.3. The van der Waals surface area contributed by atoms with E-state index in [1.807, 2.05) is 23.8 Å². The maximum absolute atomic E-state index is 12.4. The lowest BCUT2D eigenvalue weighted by molar-refractivity contribution is -0.113. The molecule has 2 amide bonds. The zero-order valence-corrected chi connectivity index (χ0v) is 19.3. The van der Waals surface area contributed by atoms with Gasteiger partial charge in [-0.2, -0.15) is 0 Å². The van der Waals surface area contributed by atoms with Gasteiger partial charge >= 0.3 is 0 Å². The first-order chi connectivity index (χ1) is 14.4. The molecule has 0 aliphatic rings. The molecule has 0 aliphatic heterocycles. The zero-order chi connectivity index (χ0) is 21.7. The van der Waals surface area contributed by atoms with Crippen LogP contribution < -0.4 is 10.6 Å². The summed E-state index contributed by atoms with van der Waals surface area (Å²) in [4.78, 5) is 28.7. The summed E-state index contributed by atoms with van der Waals surface area (Å²) in [5.74, 6) is 0.236. The minimum Gasteiger partial charge on any atom is -0.345 e. The van der Waals surface area contributed by atoms with E-state index >= 15 is 0 Å². The molecule has 0 unspecified atom stereocenters. The van der Waals surface area contributed by atoms with Crippen LogP contribution in [0.2, 0.25) is 10.0 Å². The first-order valence-corrected chi connectivity index (χ1v) is 11.5. The molecule has 0 bridgehead atoms. The number of rotatable bonds is 8. The molecule has 0 saturated heterocycles. The maximum atomic E-state index is 12.4. The number of hydrogen-bond acceptors (Lipinski definition) is 7. The lowest BCUT2D eigenvalue weighted by Crippen LogP contribution is -2.25. The highest BCUT2D eigenvalue weighted by atomic mass is 35.5. The summed E-state index contributed by atoms with van der Waals surface area (Å²) in [5.41, 5.74) is 1.19. The average Bonchev–Trinajstić information content (AvgIpc) is 3.29. The minimum absolute atomic E-state index is 0.170. The van der Waals surface area contributed by atoms with E-state index in [9.17, 15) is 9.59 Å². The molecule has 3 rings (SSSR count). The fraction of sp³-hybridized carbons (Fsp3) is 0.278. The number of nitrogens with one attached hydrogen (secondary N) is 2. The lowest BCUT2D eigenvalue weighted by Gasteiger charge is -2.09. The third kappa shape index (κ3) is 5.72. The zero-order valence-electron chi connectivity index (χ0n) is 16.1. The minimum atomic E-state index is -0.338. The van der Waals surface area contributed by atoms with Crippen LogP contribution in [0.15, 0.2) is 28.7 Å². The molecular weight excluding hydrogens is 467 g/mol. The number of thiazole rings is 1. The molecule has 3 aromatic rings. The van der Waals surface area contributed by atoms with Crippen molar-refractivity contribution in [2.75, 3.05) is 11.1 Å². The number of hydrogen-bond donors (Lipinski definition) is 2. The Morgan fingerprint density at radius 1 is 1.27 bits per heavy atom. The maximum Gasteiger partial charge on any atom is 0.253 e. The molecule has 0 aliphatic carbocycles.